The van der Waals surface area contributed by atoms with Crippen molar-refractivity contribution in [3.63, 3.8) is 0 Å². The molecule has 2 fully saturated rings. The zero-order valence-corrected chi connectivity index (χ0v) is 8.20. The molecule has 3 nitrogen and oxygen atoms in total. The van der Waals surface area contributed by atoms with E-state index in [1.54, 1.807) is 0 Å². The zero-order valence-electron chi connectivity index (χ0n) is 8.20. The first kappa shape index (κ1) is 8.71. The summed E-state index contributed by atoms with van der Waals surface area (Å²) < 4.78 is 5.34. The van der Waals surface area contributed by atoms with Crippen LogP contribution >= 0.6 is 0 Å². The molecule has 13 heavy (non-hydrogen) atoms. The molecule has 1 saturated heterocycles. The lowest BCUT2D eigenvalue weighted by molar-refractivity contribution is -0.122. The first-order chi connectivity index (χ1) is 5.92. The number of rotatable bonds is 0. The summed E-state index contributed by atoms with van der Waals surface area (Å²) in [5.41, 5.74) is -0.609. The molecule has 3 heteroatoms. The molecule has 1 saturated carbocycles. The number of ketones is 1. The largest absolute Gasteiger partial charge is 0.360 e. The van der Waals surface area contributed by atoms with Crippen LogP contribution in [-0.2, 0) is 9.53 Å². The number of fused-ring (bicyclic) bond motifs is 1. The summed E-state index contributed by atoms with van der Waals surface area (Å²) in [6.07, 6.45) is 0.244. The summed E-state index contributed by atoms with van der Waals surface area (Å²) in [4.78, 5) is 15.3. The molecule has 0 aromatic carbocycles. The number of Topliss-reactive ketones (excluding diaryl/α,β-unsaturated/α-hetero) is 1. The Morgan fingerprint density at radius 2 is 2.15 bits per heavy atom. The van der Waals surface area contributed by atoms with Crippen LogP contribution in [0.15, 0.2) is 0 Å². The van der Waals surface area contributed by atoms with Crippen LogP contribution < -0.4 is 0 Å². The van der Waals surface area contributed by atoms with Crippen LogP contribution in [0.2, 0.25) is 0 Å². The number of carbonyl (C=O) groups is 1. The number of hydrogen-bond acceptors (Lipinski definition) is 2. The summed E-state index contributed by atoms with van der Waals surface area (Å²) in [6.45, 7) is 11.4. The summed E-state index contributed by atoms with van der Waals surface area (Å²) in [7, 11) is 0. The van der Waals surface area contributed by atoms with Crippen molar-refractivity contribution in [3.8, 4) is 6.57 Å². The van der Waals surface area contributed by atoms with Crippen LogP contribution in [0, 0.1) is 12.0 Å². The van der Waals surface area contributed by atoms with Gasteiger partial charge in [0.25, 0.3) is 12.1 Å². The first-order valence-corrected chi connectivity index (χ1v) is 4.53. The lowest BCUT2D eigenvalue weighted by Gasteiger charge is -2.32. The smallest absolute Gasteiger partial charge is 0.292 e. The minimum atomic E-state index is -0.470. The molecular formula is C10H14NO2+. The number of carbonyl (C=O) groups excluding carboxylic acids is 1. The van der Waals surface area contributed by atoms with Crippen molar-refractivity contribution < 1.29 is 9.53 Å². The van der Waals surface area contributed by atoms with Crippen molar-refractivity contribution >= 4 is 5.78 Å². The maximum atomic E-state index is 11.5. The van der Waals surface area contributed by atoms with Crippen LogP contribution in [-0.4, -0.2) is 23.5 Å². The van der Waals surface area contributed by atoms with E-state index >= 15 is 0 Å². The topological polar surface area (TPSA) is 34.0 Å². The molecular weight excluding hydrogens is 166 g/mol. The van der Waals surface area contributed by atoms with E-state index in [0.717, 1.165) is 0 Å². The summed E-state index contributed by atoms with van der Waals surface area (Å²) in [5.74, 6) is 0.140. The highest BCUT2D eigenvalue weighted by Crippen LogP contribution is 2.53. The Morgan fingerprint density at radius 1 is 1.54 bits per heavy atom. The molecule has 0 radical (unpaired) electrons. The third kappa shape index (κ3) is 0.896. The number of hydrogen-bond donors (Lipinski definition) is 0. The van der Waals surface area contributed by atoms with Gasteiger partial charge in [-0.05, 0) is 13.8 Å². The van der Waals surface area contributed by atoms with Crippen molar-refractivity contribution in [3.05, 3.63) is 4.85 Å². The SMILES string of the molecule is C#[N+]C1(C)CC(=O)[C@@H]2O[C@@H]2C1(C)C. The minimum absolute atomic E-state index is 0.0195. The third-order valence-electron chi connectivity index (χ3n) is 3.71. The second-order valence-electron chi connectivity index (χ2n) is 4.75. The molecule has 3 atom stereocenters. The zero-order chi connectivity index (χ0) is 9.85. The van der Waals surface area contributed by atoms with Crippen LogP contribution in [0.5, 0.6) is 0 Å². The molecule has 0 N–H and O–H groups in total. The van der Waals surface area contributed by atoms with Crippen LogP contribution in [0.4, 0.5) is 0 Å². The maximum Gasteiger partial charge on any atom is 0.292 e. The average Bonchev–Trinajstić information content (AvgIpc) is 2.81. The first-order valence-electron chi connectivity index (χ1n) is 4.53. The Labute approximate surface area is 77.9 Å². The second-order valence-corrected chi connectivity index (χ2v) is 4.75. The fourth-order valence-electron chi connectivity index (χ4n) is 2.09. The van der Waals surface area contributed by atoms with Crippen molar-refractivity contribution in [2.45, 2.75) is 44.9 Å². The molecule has 0 bridgehead atoms. The normalized spacial score (nSPS) is 46.5. The van der Waals surface area contributed by atoms with Gasteiger partial charge in [-0.1, -0.05) is 4.85 Å². The van der Waals surface area contributed by atoms with Crippen molar-refractivity contribution in [1.82, 2.24) is 0 Å². The van der Waals surface area contributed by atoms with E-state index in [9.17, 15) is 4.79 Å². The molecule has 2 rings (SSSR count). The van der Waals surface area contributed by atoms with E-state index in [2.05, 4.69) is 18.7 Å². The van der Waals surface area contributed by atoms with Crippen LogP contribution in [0.1, 0.15) is 27.2 Å². The van der Waals surface area contributed by atoms with Crippen LogP contribution in [0.3, 0.4) is 0 Å². The highest BCUT2D eigenvalue weighted by Gasteiger charge is 2.70. The molecule has 0 aromatic heterocycles. The van der Waals surface area contributed by atoms with Crippen molar-refractivity contribution in [2.75, 3.05) is 0 Å². The van der Waals surface area contributed by atoms with Gasteiger partial charge in [0.05, 0.1) is 11.8 Å². The van der Waals surface area contributed by atoms with E-state index in [4.69, 9.17) is 11.3 Å². The van der Waals surface area contributed by atoms with E-state index in [1.165, 1.54) is 0 Å². The number of epoxide rings is 1. The molecule has 1 heterocycles. The molecule has 2 aliphatic rings. The van der Waals surface area contributed by atoms with E-state index in [0.29, 0.717) is 6.42 Å². The van der Waals surface area contributed by atoms with Crippen LogP contribution in [0.25, 0.3) is 4.85 Å². The quantitative estimate of drug-likeness (QED) is 0.529. The molecule has 0 aromatic rings. The lowest BCUT2D eigenvalue weighted by atomic mass is 9.64. The van der Waals surface area contributed by atoms with Gasteiger partial charge in [0.1, 0.15) is 12.2 Å². The molecule has 0 spiro atoms. The number of nitrogens with zero attached hydrogens (tertiary/aromatic N) is 1. The highest BCUT2D eigenvalue weighted by atomic mass is 16.6. The Bertz CT molecular complexity index is 315. The van der Waals surface area contributed by atoms with Gasteiger partial charge < -0.3 is 4.74 Å². The Kier molecular flexibility index (Phi) is 1.43. The summed E-state index contributed by atoms with van der Waals surface area (Å²) >= 11 is 0. The fraction of sp³-hybridized carbons (Fsp3) is 0.800. The van der Waals surface area contributed by atoms with Gasteiger partial charge in [-0.3, -0.25) is 4.79 Å². The second kappa shape index (κ2) is 2.13. The fourth-order valence-corrected chi connectivity index (χ4v) is 2.09. The predicted octanol–water partition coefficient (Wildman–Crippen LogP) is 1.47. The van der Waals surface area contributed by atoms with Gasteiger partial charge in [0.15, 0.2) is 5.78 Å². The standard InChI is InChI=1S/C10H14NO2/c1-9(2)8-7(13-8)6(12)5-10(9,3)11-4/h4,7-8H,5H2,1-3H3/q+1/t7-,8-,10?/m0/s1. The van der Waals surface area contributed by atoms with Crippen molar-refractivity contribution in [1.29, 1.82) is 0 Å². The Balaban J connectivity index is 2.39. The van der Waals surface area contributed by atoms with Gasteiger partial charge in [0, 0.05) is 6.92 Å². The molecule has 1 aliphatic carbocycles. The Morgan fingerprint density at radius 3 is 2.69 bits per heavy atom. The third-order valence-corrected chi connectivity index (χ3v) is 3.71. The van der Waals surface area contributed by atoms with Gasteiger partial charge in [-0.25, -0.2) is 0 Å². The van der Waals surface area contributed by atoms with Gasteiger partial charge in [-0.2, -0.15) is 0 Å². The summed E-state index contributed by atoms with van der Waals surface area (Å²) in [6, 6.07) is 0. The average molecular weight is 180 g/mol. The molecule has 0 amide bonds. The molecule has 1 unspecified atom stereocenters. The number of ether oxygens (including phenoxy) is 1. The highest BCUT2D eigenvalue weighted by molar-refractivity contribution is 5.89. The van der Waals surface area contributed by atoms with Gasteiger partial charge >= 0.3 is 0 Å². The monoisotopic (exact) mass is 180 g/mol. The van der Waals surface area contributed by atoms with E-state index < -0.39 is 5.54 Å². The Hall–Kier alpha value is -0.880. The van der Waals surface area contributed by atoms with E-state index in [1.807, 2.05) is 6.92 Å². The maximum absolute atomic E-state index is 11.5. The van der Waals surface area contributed by atoms with Gasteiger partial charge in [0.2, 0.25) is 0 Å². The minimum Gasteiger partial charge on any atom is -0.360 e. The van der Waals surface area contributed by atoms with E-state index in [-0.39, 0.29) is 23.4 Å². The molecule has 1 aliphatic heterocycles. The van der Waals surface area contributed by atoms with Crippen molar-refractivity contribution in [2.24, 2.45) is 5.41 Å². The molecule has 70 valence electrons. The lowest BCUT2D eigenvalue weighted by Crippen LogP contribution is -2.50. The summed E-state index contributed by atoms with van der Waals surface area (Å²) in [5, 5.41) is 0. The van der Waals surface area contributed by atoms with Gasteiger partial charge in [-0.15, -0.1) is 0 Å². The predicted molar refractivity (Wildman–Crippen MR) is 48.8 cm³/mol.